The van der Waals surface area contributed by atoms with Crippen molar-refractivity contribution in [3.05, 3.63) is 60.2 Å². The third-order valence-electron chi connectivity index (χ3n) is 2.81. The zero-order valence-corrected chi connectivity index (χ0v) is 14.0. The van der Waals surface area contributed by atoms with Gasteiger partial charge in [-0.2, -0.15) is 0 Å². The molecule has 2 aromatic carbocycles. The molecule has 0 heterocycles. The van der Waals surface area contributed by atoms with Crippen molar-refractivity contribution in [1.29, 1.82) is 0 Å². The molecule has 0 spiro atoms. The van der Waals surface area contributed by atoms with Crippen molar-refractivity contribution in [2.75, 3.05) is 21.1 Å². The van der Waals surface area contributed by atoms with Crippen molar-refractivity contribution in [2.45, 2.75) is 0 Å². The summed E-state index contributed by atoms with van der Waals surface area (Å²) in [4.78, 5) is 11.9. The fraction of sp³-hybridized carbons (Fsp3) is 0.188. The van der Waals surface area contributed by atoms with Crippen LogP contribution in [0.15, 0.2) is 54.6 Å². The van der Waals surface area contributed by atoms with E-state index in [9.17, 15) is 4.79 Å². The topological polar surface area (TPSA) is 26.3 Å². The molecule has 0 aliphatic rings. The quantitative estimate of drug-likeness (QED) is 0.326. The van der Waals surface area contributed by atoms with E-state index < -0.39 is 0 Å². The second kappa shape index (κ2) is 6.85. The first-order chi connectivity index (χ1) is 8.97. The van der Waals surface area contributed by atoms with Gasteiger partial charge >= 0.3 is 5.97 Å². The minimum absolute atomic E-state index is 0. The van der Waals surface area contributed by atoms with E-state index in [4.69, 9.17) is 4.74 Å². The molecule has 0 saturated carbocycles. The van der Waals surface area contributed by atoms with Gasteiger partial charge in [-0.15, -0.1) is 0 Å². The molecule has 0 aliphatic carbocycles. The molecule has 0 atom stereocenters. The maximum Gasteiger partial charge on any atom is 0.343 e. The average molecular weight is 383 g/mol. The van der Waals surface area contributed by atoms with Crippen LogP contribution in [0.4, 0.5) is 5.69 Å². The summed E-state index contributed by atoms with van der Waals surface area (Å²) in [6, 6.07) is 16.6. The van der Waals surface area contributed by atoms with E-state index in [1.54, 1.807) is 18.2 Å². The fourth-order valence-corrected chi connectivity index (χ4v) is 1.70. The third kappa shape index (κ3) is 4.31. The summed E-state index contributed by atoms with van der Waals surface area (Å²) in [5, 5.41) is 0. The van der Waals surface area contributed by atoms with Crippen LogP contribution in [0.25, 0.3) is 0 Å². The van der Waals surface area contributed by atoms with Gasteiger partial charge in [0.1, 0.15) is 11.4 Å². The Kier molecular flexibility index (Phi) is 5.71. The molecule has 0 radical (unpaired) electrons. The number of quaternary nitrogens is 1. The average Bonchev–Trinajstić information content (AvgIpc) is 2.39. The molecule has 0 fully saturated rings. The van der Waals surface area contributed by atoms with Gasteiger partial charge in [-0.1, -0.05) is 24.3 Å². The number of ether oxygens (including phenoxy) is 1. The summed E-state index contributed by atoms with van der Waals surface area (Å²) in [6.07, 6.45) is 0. The highest BCUT2D eigenvalue weighted by Crippen LogP contribution is 2.23. The Morgan fingerprint density at radius 1 is 0.950 bits per heavy atom. The molecular weight excluding hydrogens is 365 g/mol. The predicted molar refractivity (Wildman–Crippen MR) is 77.4 cm³/mol. The molecule has 106 valence electrons. The standard InChI is InChI=1S/C16H18NO2.HI/c1-17(2,3)14-10-7-11-15(12-14)19-16(18)13-8-5-4-6-9-13;/h4-12H,1-3H3;1H/q+1;/p-1. The van der Waals surface area contributed by atoms with Gasteiger partial charge in [0.2, 0.25) is 0 Å². The van der Waals surface area contributed by atoms with Crippen LogP contribution in [0, 0.1) is 0 Å². The summed E-state index contributed by atoms with van der Waals surface area (Å²) in [5.41, 5.74) is 1.64. The monoisotopic (exact) mass is 383 g/mol. The Hall–Kier alpha value is -1.40. The number of esters is 1. The first-order valence-corrected chi connectivity index (χ1v) is 6.16. The van der Waals surface area contributed by atoms with E-state index in [0.717, 1.165) is 5.69 Å². The lowest BCUT2D eigenvalue weighted by Crippen LogP contribution is -3.00. The molecule has 2 aromatic rings. The van der Waals surface area contributed by atoms with Gasteiger partial charge in [0.25, 0.3) is 0 Å². The first kappa shape index (κ1) is 16.7. The van der Waals surface area contributed by atoms with Crippen LogP contribution < -0.4 is 33.2 Å². The number of benzene rings is 2. The summed E-state index contributed by atoms with van der Waals surface area (Å²) in [6.45, 7) is 0. The van der Waals surface area contributed by atoms with Crippen molar-refractivity contribution >= 4 is 11.7 Å². The molecule has 0 unspecified atom stereocenters. The van der Waals surface area contributed by atoms with Crippen LogP contribution in [-0.4, -0.2) is 27.1 Å². The number of hydrogen-bond donors (Lipinski definition) is 0. The summed E-state index contributed by atoms with van der Waals surface area (Å²) in [7, 11) is 6.20. The van der Waals surface area contributed by atoms with E-state index in [1.807, 2.05) is 36.4 Å². The minimum Gasteiger partial charge on any atom is -1.00 e. The molecule has 0 N–H and O–H groups in total. The lowest BCUT2D eigenvalue weighted by molar-refractivity contribution is -0.0000170. The van der Waals surface area contributed by atoms with Crippen LogP contribution >= 0.6 is 0 Å². The highest BCUT2D eigenvalue weighted by atomic mass is 127. The van der Waals surface area contributed by atoms with Crippen molar-refractivity contribution in [1.82, 2.24) is 4.48 Å². The van der Waals surface area contributed by atoms with Gasteiger partial charge in [-0.05, 0) is 24.3 Å². The zero-order chi connectivity index (χ0) is 13.9. The Morgan fingerprint density at radius 2 is 1.60 bits per heavy atom. The zero-order valence-electron chi connectivity index (χ0n) is 11.8. The van der Waals surface area contributed by atoms with Gasteiger partial charge < -0.3 is 28.7 Å². The van der Waals surface area contributed by atoms with E-state index in [1.165, 1.54) is 0 Å². The largest absolute Gasteiger partial charge is 1.00 e. The minimum atomic E-state index is -0.334. The second-order valence-corrected chi connectivity index (χ2v) is 5.27. The van der Waals surface area contributed by atoms with Crippen molar-refractivity contribution in [3.63, 3.8) is 0 Å². The highest BCUT2D eigenvalue weighted by molar-refractivity contribution is 5.91. The number of carbonyl (C=O) groups excluding carboxylic acids is 1. The number of hydrogen-bond acceptors (Lipinski definition) is 2. The molecule has 0 aliphatic heterocycles. The molecule has 2 rings (SSSR count). The lowest BCUT2D eigenvalue weighted by atomic mass is 10.2. The van der Waals surface area contributed by atoms with Gasteiger partial charge in [0, 0.05) is 6.07 Å². The van der Waals surface area contributed by atoms with Crippen LogP contribution in [-0.2, 0) is 0 Å². The molecule has 0 aromatic heterocycles. The maximum atomic E-state index is 11.9. The number of carbonyl (C=O) groups is 1. The second-order valence-electron chi connectivity index (χ2n) is 5.27. The van der Waals surface area contributed by atoms with Crippen molar-refractivity contribution in [3.8, 4) is 5.75 Å². The molecular formula is C16H18INO2. The summed E-state index contributed by atoms with van der Waals surface area (Å²) in [5.74, 6) is 0.235. The Bertz CT molecular complexity index is 577. The predicted octanol–water partition coefficient (Wildman–Crippen LogP) is 0.107. The first-order valence-electron chi connectivity index (χ1n) is 6.16. The molecule has 4 heteroatoms. The van der Waals surface area contributed by atoms with Gasteiger partial charge in [0.15, 0.2) is 0 Å². The van der Waals surface area contributed by atoms with Crippen molar-refractivity contribution < 1.29 is 33.5 Å². The summed E-state index contributed by atoms with van der Waals surface area (Å²) >= 11 is 0. The molecule has 0 bridgehead atoms. The number of nitrogens with zero attached hydrogens (tertiary/aromatic N) is 1. The van der Waals surface area contributed by atoms with E-state index in [0.29, 0.717) is 15.8 Å². The SMILES string of the molecule is C[N+](C)(C)c1cccc(OC(=O)c2ccccc2)c1.[I-]. The van der Waals surface area contributed by atoms with Gasteiger partial charge in [-0.3, -0.25) is 4.48 Å². The lowest BCUT2D eigenvalue weighted by Gasteiger charge is -2.23. The van der Waals surface area contributed by atoms with Crippen LogP contribution in [0.2, 0.25) is 0 Å². The number of halogens is 1. The molecule has 3 nitrogen and oxygen atoms in total. The highest BCUT2D eigenvalue weighted by Gasteiger charge is 2.14. The Labute approximate surface area is 136 Å². The van der Waals surface area contributed by atoms with Gasteiger partial charge in [-0.25, -0.2) is 4.79 Å². The van der Waals surface area contributed by atoms with Gasteiger partial charge in [0.05, 0.1) is 26.7 Å². The number of rotatable bonds is 3. The molecule has 0 saturated heterocycles. The van der Waals surface area contributed by atoms with Crippen molar-refractivity contribution in [2.24, 2.45) is 0 Å². The normalized spacial score (nSPS) is 10.6. The van der Waals surface area contributed by atoms with E-state index >= 15 is 0 Å². The van der Waals surface area contributed by atoms with Crippen LogP contribution in [0.3, 0.4) is 0 Å². The van der Waals surface area contributed by atoms with Crippen LogP contribution in [0.1, 0.15) is 10.4 Å². The fourth-order valence-electron chi connectivity index (χ4n) is 1.70. The Morgan fingerprint density at radius 3 is 2.20 bits per heavy atom. The smallest absolute Gasteiger partial charge is 0.343 e. The van der Waals surface area contributed by atoms with E-state index in [-0.39, 0.29) is 29.9 Å². The maximum absolute atomic E-state index is 11.9. The van der Waals surface area contributed by atoms with Crippen LogP contribution in [0.5, 0.6) is 5.75 Å². The third-order valence-corrected chi connectivity index (χ3v) is 2.81. The summed E-state index contributed by atoms with van der Waals surface area (Å²) < 4.78 is 6.06. The Balaban J connectivity index is 0.00000200. The molecule has 20 heavy (non-hydrogen) atoms. The molecule has 0 amide bonds. The van der Waals surface area contributed by atoms with E-state index in [2.05, 4.69) is 21.1 Å².